The topological polar surface area (TPSA) is 40.5 Å². The maximum Gasteiger partial charge on any atom is 0.335 e. The minimum Gasteiger partial charge on any atom is -0.478 e. The quantitative estimate of drug-likeness (QED) is 0.764. The zero-order valence-corrected chi connectivity index (χ0v) is 9.40. The molecule has 0 saturated carbocycles. The molecule has 0 aliphatic carbocycles. The zero-order valence-electron chi connectivity index (χ0n) is 9.40. The fourth-order valence-electron chi connectivity index (χ4n) is 1.47. The van der Waals surface area contributed by atoms with Gasteiger partial charge in [0.1, 0.15) is 6.67 Å². The van der Waals surface area contributed by atoms with Crippen LogP contribution < -0.4 is 0 Å². The van der Waals surface area contributed by atoms with Crippen LogP contribution in [0.5, 0.6) is 0 Å². The van der Waals surface area contributed by atoms with Crippen molar-refractivity contribution in [2.75, 3.05) is 19.8 Å². The highest BCUT2D eigenvalue weighted by Gasteiger charge is 2.06. The molecule has 17 heavy (non-hydrogen) atoms. The second-order valence-electron chi connectivity index (χ2n) is 3.61. The summed E-state index contributed by atoms with van der Waals surface area (Å²) in [6, 6.07) is 6.48. The molecule has 0 saturated heterocycles. The number of terminal acetylenes is 1. The maximum atomic E-state index is 12.3. The van der Waals surface area contributed by atoms with Gasteiger partial charge in [-0.15, -0.1) is 6.42 Å². The number of carboxylic acid groups (broad SMARTS) is 1. The number of hydrogen-bond acceptors (Lipinski definition) is 2. The molecule has 0 aliphatic rings. The summed E-state index contributed by atoms with van der Waals surface area (Å²) >= 11 is 0. The van der Waals surface area contributed by atoms with Gasteiger partial charge in [0.2, 0.25) is 0 Å². The molecule has 90 valence electrons. The molecular formula is C13H14FNO2. The van der Waals surface area contributed by atoms with Crippen LogP contribution in [0.2, 0.25) is 0 Å². The van der Waals surface area contributed by atoms with Crippen molar-refractivity contribution < 1.29 is 14.3 Å². The molecule has 0 amide bonds. The Hall–Kier alpha value is -1.86. The normalized spacial score (nSPS) is 10.2. The van der Waals surface area contributed by atoms with Crippen molar-refractivity contribution in [1.82, 2.24) is 4.90 Å². The lowest BCUT2D eigenvalue weighted by Gasteiger charge is -2.17. The van der Waals surface area contributed by atoms with Crippen LogP contribution in [0, 0.1) is 12.3 Å². The Bertz CT molecular complexity index is 408. The summed E-state index contributed by atoms with van der Waals surface area (Å²) in [6.07, 6.45) is 5.19. The summed E-state index contributed by atoms with van der Waals surface area (Å²) in [5.41, 5.74) is 1.15. The van der Waals surface area contributed by atoms with Crippen molar-refractivity contribution in [2.45, 2.75) is 6.54 Å². The van der Waals surface area contributed by atoms with Crippen LogP contribution in [-0.4, -0.2) is 35.7 Å². The first kappa shape index (κ1) is 13.2. The average Bonchev–Trinajstić information content (AvgIpc) is 2.30. The van der Waals surface area contributed by atoms with Gasteiger partial charge in [0.25, 0.3) is 0 Å². The molecular weight excluding hydrogens is 221 g/mol. The molecule has 0 atom stereocenters. The second-order valence-corrected chi connectivity index (χ2v) is 3.61. The highest BCUT2D eigenvalue weighted by molar-refractivity contribution is 5.87. The van der Waals surface area contributed by atoms with Gasteiger partial charge in [-0.1, -0.05) is 18.1 Å². The van der Waals surface area contributed by atoms with Crippen molar-refractivity contribution in [3.63, 3.8) is 0 Å². The number of alkyl halides is 1. The van der Waals surface area contributed by atoms with Crippen LogP contribution in [0.3, 0.4) is 0 Å². The highest BCUT2D eigenvalue weighted by atomic mass is 19.1. The number of rotatable bonds is 6. The summed E-state index contributed by atoms with van der Waals surface area (Å²) in [7, 11) is 0. The van der Waals surface area contributed by atoms with E-state index in [2.05, 4.69) is 5.92 Å². The van der Waals surface area contributed by atoms with Crippen LogP contribution in [-0.2, 0) is 6.54 Å². The van der Waals surface area contributed by atoms with E-state index in [0.29, 0.717) is 13.1 Å². The van der Waals surface area contributed by atoms with Crippen molar-refractivity contribution in [2.24, 2.45) is 0 Å². The molecule has 1 aromatic rings. The molecule has 4 heteroatoms. The lowest BCUT2D eigenvalue weighted by atomic mass is 10.1. The number of nitrogens with zero attached hydrogens (tertiary/aromatic N) is 1. The Kier molecular flexibility index (Phi) is 5.18. The number of benzene rings is 1. The predicted molar refractivity (Wildman–Crippen MR) is 63.5 cm³/mol. The van der Waals surface area contributed by atoms with E-state index in [1.165, 1.54) is 12.1 Å². The lowest BCUT2D eigenvalue weighted by molar-refractivity contribution is 0.0697. The fraction of sp³-hybridized carbons (Fsp3) is 0.308. The van der Waals surface area contributed by atoms with E-state index < -0.39 is 12.6 Å². The molecule has 1 aromatic carbocycles. The molecule has 0 aromatic heterocycles. The number of aromatic carboxylic acids is 1. The Labute approximate surface area is 99.9 Å². The Morgan fingerprint density at radius 1 is 1.41 bits per heavy atom. The SMILES string of the molecule is C#CCN(CCF)Cc1ccc(C(=O)O)cc1. The van der Waals surface area contributed by atoms with E-state index >= 15 is 0 Å². The monoisotopic (exact) mass is 235 g/mol. The minimum absolute atomic E-state index is 0.239. The fourth-order valence-corrected chi connectivity index (χ4v) is 1.47. The Morgan fingerprint density at radius 2 is 2.06 bits per heavy atom. The minimum atomic E-state index is -0.958. The van der Waals surface area contributed by atoms with E-state index in [0.717, 1.165) is 5.56 Å². The molecule has 0 fully saturated rings. The maximum absolute atomic E-state index is 12.3. The number of carboxylic acids is 1. The largest absolute Gasteiger partial charge is 0.478 e. The summed E-state index contributed by atoms with van der Waals surface area (Å²) < 4.78 is 12.3. The summed E-state index contributed by atoms with van der Waals surface area (Å²) in [4.78, 5) is 12.4. The van der Waals surface area contributed by atoms with E-state index in [1.807, 2.05) is 0 Å². The van der Waals surface area contributed by atoms with Gasteiger partial charge in [0.15, 0.2) is 0 Å². The third-order valence-electron chi connectivity index (χ3n) is 2.32. The van der Waals surface area contributed by atoms with E-state index in [-0.39, 0.29) is 12.1 Å². The molecule has 0 aliphatic heterocycles. The molecule has 0 spiro atoms. The van der Waals surface area contributed by atoms with E-state index in [4.69, 9.17) is 11.5 Å². The van der Waals surface area contributed by atoms with Gasteiger partial charge in [-0.3, -0.25) is 4.90 Å². The standard InChI is InChI=1S/C13H14FNO2/c1-2-8-15(9-7-14)10-11-3-5-12(6-4-11)13(16)17/h1,3-6H,7-10H2,(H,16,17). The van der Waals surface area contributed by atoms with Crippen molar-refractivity contribution >= 4 is 5.97 Å². The van der Waals surface area contributed by atoms with Gasteiger partial charge in [-0.2, -0.15) is 0 Å². The second kappa shape index (κ2) is 6.66. The van der Waals surface area contributed by atoms with Crippen molar-refractivity contribution in [3.05, 3.63) is 35.4 Å². The smallest absolute Gasteiger partial charge is 0.335 e. The predicted octanol–water partition coefficient (Wildman–Crippen LogP) is 1.79. The van der Waals surface area contributed by atoms with Crippen LogP contribution in [0.4, 0.5) is 4.39 Å². The summed E-state index contributed by atoms with van der Waals surface area (Å²) in [6.45, 7) is 0.735. The molecule has 1 rings (SSSR count). The molecule has 1 N–H and O–H groups in total. The molecule has 0 unspecified atom stereocenters. The summed E-state index contributed by atoms with van der Waals surface area (Å²) in [5.74, 6) is 1.51. The van der Waals surface area contributed by atoms with Crippen molar-refractivity contribution in [3.8, 4) is 12.3 Å². The van der Waals surface area contributed by atoms with Gasteiger partial charge in [-0.25, -0.2) is 9.18 Å². The molecule has 0 heterocycles. The zero-order chi connectivity index (χ0) is 12.7. The third-order valence-corrected chi connectivity index (χ3v) is 2.32. The van der Waals surface area contributed by atoms with Gasteiger partial charge in [0.05, 0.1) is 12.1 Å². The van der Waals surface area contributed by atoms with Crippen LogP contribution in [0.15, 0.2) is 24.3 Å². The Morgan fingerprint density at radius 3 is 2.53 bits per heavy atom. The van der Waals surface area contributed by atoms with Crippen LogP contribution >= 0.6 is 0 Å². The van der Waals surface area contributed by atoms with Gasteiger partial charge < -0.3 is 5.11 Å². The summed E-state index contributed by atoms with van der Waals surface area (Å²) in [5, 5.41) is 8.74. The average molecular weight is 235 g/mol. The number of carbonyl (C=O) groups is 1. The highest BCUT2D eigenvalue weighted by Crippen LogP contribution is 2.07. The number of hydrogen-bond donors (Lipinski definition) is 1. The number of halogens is 1. The van der Waals surface area contributed by atoms with E-state index in [1.54, 1.807) is 17.0 Å². The van der Waals surface area contributed by atoms with Crippen LogP contribution in [0.25, 0.3) is 0 Å². The lowest BCUT2D eigenvalue weighted by Crippen LogP contribution is -2.25. The van der Waals surface area contributed by atoms with E-state index in [9.17, 15) is 9.18 Å². The van der Waals surface area contributed by atoms with Gasteiger partial charge in [0, 0.05) is 13.1 Å². The first-order valence-electron chi connectivity index (χ1n) is 5.21. The molecule has 0 radical (unpaired) electrons. The first-order chi connectivity index (χ1) is 8.17. The van der Waals surface area contributed by atoms with Crippen LogP contribution in [0.1, 0.15) is 15.9 Å². The Balaban J connectivity index is 2.66. The first-order valence-corrected chi connectivity index (χ1v) is 5.21. The molecule has 0 bridgehead atoms. The van der Waals surface area contributed by atoms with Gasteiger partial charge >= 0.3 is 5.97 Å². The third kappa shape index (κ3) is 4.25. The van der Waals surface area contributed by atoms with Crippen molar-refractivity contribution in [1.29, 1.82) is 0 Å². The molecule has 3 nitrogen and oxygen atoms in total. The van der Waals surface area contributed by atoms with Gasteiger partial charge in [-0.05, 0) is 17.7 Å².